The summed E-state index contributed by atoms with van der Waals surface area (Å²) in [6.07, 6.45) is 4.05. The van der Waals surface area contributed by atoms with Crippen molar-refractivity contribution in [2.24, 2.45) is 0 Å². The Bertz CT molecular complexity index is 346. The van der Waals surface area contributed by atoms with Crippen molar-refractivity contribution in [2.45, 2.75) is 46.2 Å². The minimum Gasteiger partial charge on any atom is -0.493 e. The van der Waals surface area contributed by atoms with Crippen molar-refractivity contribution in [1.82, 2.24) is 15.1 Å². The molecule has 1 aromatic rings. The maximum atomic E-state index is 5.48. The molecule has 19 heavy (non-hydrogen) atoms. The molecule has 0 fully saturated rings. The van der Waals surface area contributed by atoms with Crippen molar-refractivity contribution in [3.63, 3.8) is 0 Å². The lowest BCUT2D eigenvalue weighted by atomic mass is 10.2. The molecule has 1 N–H and O–H groups in total. The Kier molecular flexibility index (Phi) is 7.98. The molecule has 0 bridgehead atoms. The zero-order valence-electron chi connectivity index (χ0n) is 12.6. The number of nitrogens with zero attached hydrogens (tertiary/aromatic N) is 2. The van der Waals surface area contributed by atoms with Crippen molar-refractivity contribution < 1.29 is 4.74 Å². The third kappa shape index (κ3) is 4.73. The van der Waals surface area contributed by atoms with Gasteiger partial charge in [-0.25, -0.2) is 0 Å². The molecule has 0 spiro atoms. The molecule has 110 valence electrons. The van der Waals surface area contributed by atoms with Crippen LogP contribution in [0.2, 0.25) is 0 Å². The summed E-state index contributed by atoms with van der Waals surface area (Å²) in [5.41, 5.74) is 1.19. The van der Waals surface area contributed by atoms with Gasteiger partial charge in [0.2, 0.25) is 0 Å². The molecule has 0 saturated carbocycles. The topological polar surface area (TPSA) is 39.1 Å². The Labute approximate surface area is 121 Å². The van der Waals surface area contributed by atoms with Crippen LogP contribution in [0.15, 0.2) is 6.20 Å². The summed E-state index contributed by atoms with van der Waals surface area (Å²) in [6, 6.07) is 0.314. The van der Waals surface area contributed by atoms with Crippen LogP contribution in [-0.4, -0.2) is 34.9 Å². The Balaban J connectivity index is 2.92. The zero-order valence-corrected chi connectivity index (χ0v) is 13.4. The molecule has 4 nitrogen and oxygen atoms in total. The number of hydrogen-bond acceptors (Lipinski definition) is 4. The second kappa shape index (κ2) is 9.26. The average Bonchev–Trinajstić information content (AvgIpc) is 2.82. The van der Waals surface area contributed by atoms with Gasteiger partial charge in [0, 0.05) is 12.3 Å². The van der Waals surface area contributed by atoms with E-state index in [1.807, 2.05) is 18.0 Å². The van der Waals surface area contributed by atoms with Crippen LogP contribution in [0.25, 0.3) is 0 Å². The highest BCUT2D eigenvalue weighted by atomic mass is 32.2. The fourth-order valence-electron chi connectivity index (χ4n) is 2.07. The normalized spacial score (nSPS) is 12.6. The van der Waals surface area contributed by atoms with Gasteiger partial charge in [-0.15, -0.1) is 0 Å². The molecule has 1 rings (SSSR count). The first-order valence-corrected chi connectivity index (χ1v) is 8.34. The molecule has 0 aliphatic heterocycles. The molecule has 1 atom stereocenters. The Hall–Kier alpha value is -0.680. The number of aromatic nitrogens is 2. The number of aryl methyl sites for hydroxylation is 1. The number of thioether (sulfide) groups is 1. The molecule has 0 radical (unpaired) electrons. The number of hydrogen-bond donors (Lipinski definition) is 1. The number of rotatable bonds is 10. The van der Waals surface area contributed by atoms with Crippen LogP contribution in [-0.2, 0) is 6.54 Å². The first kappa shape index (κ1) is 16.4. The number of methoxy groups -OCH3 is 1. The van der Waals surface area contributed by atoms with Gasteiger partial charge >= 0.3 is 0 Å². The number of nitrogens with one attached hydrogen (secondary N) is 1. The molecule has 5 heteroatoms. The van der Waals surface area contributed by atoms with Crippen molar-refractivity contribution >= 4 is 11.8 Å². The first-order valence-electron chi connectivity index (χ1n) is 7.19. The van der Waals surface area contributed by atoms with E-state index in [4.69, 9.17) is 4.74 Å². The van der Waals surface area contributed by atoms with Gasteiger partial charge in [-0.1, -0.05) is 20.8 Å². The van der Waals surface area contributed by atoms with E-state index in [2.05, 4.69) is 35.9 Å². The fraction of sp³-hybridized carbons (Fsp3) is 0.786. The lowest BCUT2D eigenvalue weighted by Crippen LogP contribution is -2.27. The molecule has 1 aromatic heterocycles. The van der Waals surface area contributed by atoms with E-state index < -0.39 is 0 Å². The van der Waals surface area contributed by atoms with Crippen LogP contribution in [0.3, 0.4) is 0 Å². The van der Waals surface area contributed by atoms with Crippen LogP contribution in [0.4, 0.5) is 0 Å². The van der Waals surface area contributed by atoms with Gasteiger partial charge in [0.1, 0.15) is 0 Å². The maximum Gasteiger partial charge on any atom is 0.161 e. The smallest absolute Gasteiger partial charge is 0.161 e. The maximum absolute atomic E-state index is 5.48. The van der Waals surface area contributed by atoms with Crippen LogP contribution in [0.1, 0.15) is 45.3 Å². The summed E-state index contributed by atoms with van der Waals surface area (Å²) >= 11 is 1.95. The molecular formula is C14H27N3OS. The first-order chi connectivity index (χ1) is 9.28. The summed E-state index contributed by atoms with van der Waals surface area (Å²) < 4.78 is 7.57. The van der Waals surface area contributed by atoms with Crippen molar-refractivity contribution in [3.8, 4) is 5.75 Å². The Morgan fingerprint density at radius 2 is 2.16 bits per heavy atom. The van der Waals surface area contributed by atoms with Crippen molar-refractivity contribution in [1.29, 1.82) is 0 Å². The van der Waals surface area contributed by atoms with Gasteiger partial charge in [-0.2, -0.15) is 16.9 Å². The third-order valence-corrected chi connectivity index (χ3v) is 3.94. The van der Waals surface area contributed by atoms with E-state index in [1.54, 1.807) is 7.11 Å². The van der Waals surface area contributed by atoms with Gasteiger partial charge in [0.05, 0.1) is 25.0 Å². The monoisotopic (exact) mass is 285 g/mol. The highest BCUT2D eigenvalue weighted by Crippen LogP contribution is 2.27. The second-order valence-corrected chi connectivity index (χ2v) is 5.81. The molecule has 0 aliphatic carbocycles. The van der Waals surface area contributed by atoms with E-state index >= 15 is 0 Å². The SMILES string of the molecule is CCCNC(CSCC)c1c(OC)cnn1CCC. The van der Waals surface area contributed by atoms with Gasteiger partial charge < -0.3 is 10.1 Å². The quantitative estimate of drug-likeness (QED) is 0.717. The fourth-order valence-corrected chi connectivity index (χ4v) is 2.81. The minimum atomic E-state index is 0.314. The van der Waals surface area contributed by atoms with E-state index in [0.29, 0.717) is 6.04 Å². The highest BCUT2D eigenvalue weighted by Gasteiger charge is 2.21. The van der Waals surface area contributed by atoms with Gasteiger partial charge in [-0.3, -0.25) is 4.68 Å². The summed E-state index contributed by atoms with van der Waals surface area (Å²) in [7, 11) is 1.72. The standard InChI is InChI=1S/C14H27N3OS/c1-5-8-15-12(11-19-7-3)14-13(18-4)10-16-17(14)9-6-2/h10,12,15H,5-9,11H2,1-4H3. The summed E-state index contributed by atoms with van der Waals surface area (Å²) in [5.74, 6) is 3.09. The largest absolute Gasteiger partial charge is 0.493 e. The third-order valence-electron chi connectivity index (χ3n) is 2.96. The predicted octanol–water partition coefficient (Wildman–Crippen LogP) is 3.10. The van der Waals surface area contributed by atoms with E-state index in [1.165, 1.54) is 5.69 Å². The summed E-state index contributed by atoms with van der Waals surface area (Å²) in [4.78, 5) is 0. The molecule has 0 saturated heterocycles. The number of ether oxygens (including phenoxy) is 1. The van der Waals surface area contributed by atoms with E-state index in [0.717, 1.165) is 43.2 Å². The highest BCUT2D eigenvalue weighted by molar-refractivity contribution is 7.99. The van der Waals surface area contributed by atoms with E-state index in [-0.39, 0.29) is 0 Å². The minimum absolute atomic E-state index is 0.314. The van der Waals surface area contributed by atoms with Crippen LogP contribution in [0, 0.1) is 0 Å². The Morgan fingerprint density at radius 1 is 1.37 bits per heavy atom. The Morgan fingerprint density at radius 3 is 2.74 bits per heavy atom. The van der Waals surface area contributed by atoms with Gasteiger partial charge in [-0.05, 0) is 25.1 Å². The van der Waals surface area contributed by atoms with E-state index in [9.17, 15) is 0 Å². The predicted molar refractivity (Wildman–Crippen MR) is 83.1 cm³/mol. The second-order valence-electron chi connectivity index (χ2n) is 4.49. The molecule has 0 aliphatic rings. The van der Waals surface area contributed by atoms with Crippen LogP contribution < -0.4 is 10.1 Å². The van der Waals surface area contributed by atoms with Gasteiger partial charge in [0.15, 0.2) is 5.75 Å². The molecule has 1 heterocycles. The molecule has 1 unspecified atom stereocenters. The van der Waals surface area contributed by atoms with Crippen molar-refractivity contribution in [3.05, 3.63) is 11.9 Å². The summed E-state index contributed by atoms with van der Waals surface area (Å²) in [5, 5.41) is 8.07. The van der Waals surface area contributed by atoms with Gasteiger partial charge in [0.25, 0.3) is 0 Å². The van der Waals surface area contributed by atoms with Crippen LogP contribution in [0.5, 0.6) is 5.75 Å². The zero-order chi connectivity index (χ0) is 14.1. The summed E-state index contributed by atoms with van der Waals surface area (Å²) in [6.45, 7) is 8.53. The average molecular weight is 285 g/mol. The van der Waals surface area contributed by atoms with Crippen LogP contribution >= 0.6 is 11.8 Å². The van der Waals surface area contributed by atoms with Crippen molar-refractivity contribution in [2.75, 3.05) is 25.2 Å². The molecular weight excluding hydrogens is 258 g/mol. The molecule has 0 aromatic carbocycles. The molecule has 0 amide bonds. The lowest BCUT2D eigenvalue weighted by Gasteiger charge is -2.20. The lowest BCUT2D eigenvalue weighted by molar-refractivity contribution is 0.395.